The highest BCUT2D eigenvalue weighted by atomic mass is 28.3. The Morgan fingerprint density at radius 3 is 1.73 bits per heavy atom. The van der Waals surface area contributed by atoms with Crippen LogP contribution in [0, 0.1) is 11.5 Å². The van der Waals surface area contributed by atoms with Gasteiger partial charge in [0.15, 0.2) is 0 Å². The molecule has 0 aliphatic rings. The van der Waals surface area contributed by atoms with Crippen molar-refractivity contribution in [2.75, 3.05) is 0 Å². The van der Waals surface area contributed by atoms with Crippen molar-refractivity contribution in [3.8, 4) is 22.6 Å². The Labute approximate surface area is 180 Å². The zero-order valence-electron chi connectivity index (χ0n) is 17.8. The van der Waals surface area contributed by atoms with Gasteiger partial charge in [0.1, 0.15) is 14.4 Å². The van der Waals surface area contributed by atoms with Gasteiger partial charge in [-0.2, -0.15) is 0 Å². The fourth-order valence-corrected chi connectivity index (χ4v) is 3.19. The van der Waals surface area contributed by atoms with Gasteiger partial charge < -0.3 is 0 Å². The average molecular weight is 410 g/mol. The van der Waals surface area contributed by atoms with Crippen LogP contribution in [0.15, 0.2) is 97.3 Å². The van der Waals surface area contributed by atoms with E-state index in [0.29, 0.717) is 5.82 Å². The van der Waals surface area contributed by atoms with Crippen LogP contribution in [-0.4, -0.2) is 22.8 Å². The second-order valence-corrected chi connectivity index (χ2v) is 12.7. The van der Waals surface area contributed by atoms with Gasteiger partial charge in [-0.3, -0.25) is 0 Å². The monoisotopic (exact) mass is 409 g/mol. The van der Waals surface area contributed by atoms with E-state index in [1.165, 1.54) is 16.7 Å². The Morgan fingerprint density at radius 2 is 1.23 bits per heavy atom. The van der Waals surface area contributed by atoms with Gasteiger partial charge in [0.05, 0.1) is 6.54 Å². The fraction of sp³-hybridized carbons (Fsp3) is 0.154. The quantitative estimate of drug-likeness (QED) is 0.311. The first kappa shape index (κ1) is 21.3. The molecule has 4 heteroatoms. The molecule has 0 aliphatic carbocycles. The molecule has 0 radical (unpaired) electrons. The van der Waals surface area contributed by atoms with Crippen molar-refractivity contribution in [2.45, 2.75) is 26.2 Å². The van der Waals surface area contributed by atoms with Gasteiger partial charge in [0.25, 0.3) is 0 Å². The van der Waals surface area contributed by atoms with Crippen molar-refractivity contribution >= 4 is 8.07 Å². The third-order valence-corrected chi connectivity index (χ3v) is 5.03. The Bertz CT molecular complexity index is 1050. The Hall–Kier alpha value is -3.42. The molecule has 4 aromatic rings. The Balaban J connectivity index is 0.000000184. The van der Waals surface area contributed by atoms with Gasteiger partial charge in [-0.15, -0.1) is 10.6 Å². The lowest BCUT2D eigenvalue weighted by Gasteiger charge is -2.02. The van der Waals surface area contributed by atoms with Crippen molar-refractivity contribution in [1.82, 2.24) is 14.8 Å². The van der Waals surface area contributed by atoms with Crippen molar-refractivity contribution in [2.24, 2.45) is 0 Å². The lowest BCUT2D eigenvalue weighted by molar-refractivity contribution is 0.683. The largest absolute Gasteiger partial charge is 0.247 e. The van der Waals surface area contributed by atoms with E-state index in [9.17, 15) is 0 Å². The minimum atomic E-state index is -1.36. The molecule has 0 spiro atoms. The highest BCUT2D eigenvalue weighted by molar-refractivity contribution is 6.83. The van der Waals surface area contributed by atoms with Crippen LogP contribution >= 0.6 is 0 Å². The second-order valence-electron chi connectivity index (χ2n) is 7.98. The van der Waals surface area contributed by atoms with Crippen LogP contribution < -0.4 is 0 Å². The number of nitrogens with zero attached hydrogens (tertiary/aromatic N) is 3. The third-order valence-electron chi connectivity index (χ3n) is 4.15. The molecule has 1 aromatic heterocycles. The van der Waals surface area contributed by atoms with Crippen LogP contribution in [-0.2, 0) is 6.54 Å². The highest BCUT2D eigenvalue weighted by Gasteiger charge is 2.08. The molecule has 150 valence electrons. The number of aromatic nitrogens is 3. The fourth-order valence-electron chi connectivity index (χ4n) is 2.70. The molecule has 30 heavy (non-hydrogen) atoms. The molecule has 0 atom stereocenters. The molecule has 0 unspecified atom stereocenters. The summed E-state index contributed by atoms with van der Waals surface area (Å²) in [7, 11) is -1.36. The van der Waals surface area contributed by atoms with Crippen LogP contribution in [0.3, 0.4) is 0 Å². The normalized spacial score (nSPS) is 10.4. The van der Waals surface area contributed by atoms with Gasteiger partial charge in [-0.25, -0.2) is 9.67 Å². The van der Waals surface area contributed by atoms with Crippen molar-refractivity contribution < 1.29 is 0 Å². The lowest BCUT2D eigenvalue weighted by atomic mass is 10.1. The summed E-state index contributed by atoms with van der Waals surface area (Å²) < 4.78 is 1.82. The van der Waals surface area contributed by atoms with E-state index in [2.05, 4.69) is 102 Å². The van der Waals surface area contributed by atoms with Gasteiger partial charge in [0, 0.05) is 0 Å². The summed E-state index contributed by atoms with van der Waals surface area (Å²) >= 11 is 0. The van der Waals surface area contributed by atoms with Gasteiger partial charge in [-0.05, 0) is 22.6 Å². The van der Waals surface area contributed by atoms with E-state index in [1.807, 2.05) is 35.0 Å². The second kappa shape index (κ2) is 10.4. The highest BCUT2D eigenvalue weighted by Crippen LogP contribution is 2.17. The molecule has 0 fully saturated rings. The molecule has 0 saturated carbocycles. The summed E-state index contributed by atoms with van der Waals surface area (Å²) in [4.78, 5) is 4.22. The van der Waals surface area contributed by atoms with Crippen LogP contribution in [0.4, 0.5) is 0 Å². The number of rotatable bonds is 3. The molecular weight excluding hydrogens is 382 g/mol. The molecule has 3 aromatic carbocycles. The van der Waals surface area contributed by atoms with E-state index in [-0.39, 0.29) is 0 Å². The molecular formula is C26H27N3Si. The lowest BCUT2D eigenvalue weighted by Crippen LogP contribution is -2.16. The first-order chi connectivity index (χ1) is 14.5. The summed E-state index contributed by atoms with van der Waals surface area (Å²) in [6, 6.07) is 31.0. The first-order valence-electron chi connectivity index (χ1n) is 10.1. The molecule has 0 saturated heterocycles. The summed E-state index contributed by atoms with van der Waals surface area (Å²) in [6.07, 6.45) is 1.74. The smallest absolute Gasteiger partial charge is 0.224 e. The summed E-state index contributed by atoms with van der Waals surface area (Å²) in [6.45, 7) is 7.37. The zero-order valence-corrected chi connectivity index (χ0v) is 18.8. The van der Waals surface area contributed by atoms with E-state index in [4.69, 9.17) is 0 Å². The minimum absolute atomic E-state index is 0.619. The maximum absolute atomic E-state index is 4.36. The van der Waals surface area contributed by atoms with Crippen molar-refractivity contribution in [3.63, 3.8) is 0 Å². The minimum Gasteiger partial charge on any atom is -0.247 e. The predicted molar refractivity (Wildman–Crippen MR) is 128 cm³/mol. The third kappa shape index (κ3) is 7.19. The Kier molecular flexibility index (Phi) is 7.37. The summed E-state index contributed by atoms with van der Waals surface area (Å²) in [5.74, 6) is 3.68. The maximum Gasteiger partial charge on any atom is 0.224 e. The van der Waals surface area contributed by atoms with Crippen LogP contribution in [0.25, 0.3) is 11.1 Å². The SMILES string of the molecule is C[Si](C)(C)C#Cc1ncn(Cc2ccccc2)n1.c1ccc(-c2ccccc2)cc1. The topological polar surface area (TPSA) is 30.7 Å². The van der Waals surface area contributed by atoms with Crippen LogP contribution in [0.5, 0.6) is 0 Å². The molecule has 3 nitrogen and oxygen atoms in total. The van der Waals surface area contributed by atoms with E-state index < -0.39 is 8.07 Å². The molecule has 0 N–H and O–H groups in total. The molecule has 4 rings (SSSR count). The van der Waals surface area contributed by atoms with Gasteiger partial charge >= 0.3 is 0 Å². The standard InChI is InChI=1S/C14H17N3Si.C12H10/c1-18(2,3)10-9-14-15-12-17(16-14)11-13-7-5-4-6-8-13;1-3-7-11(8-4-1)12-9-5-2-6-10-12/h4-8,12H,11H2,1-3H3;1-10H. The molecule has 0 amide bonds. The summed E-state index contributed by atoms with van der Waals surface area (Å²) in [5, 5.41) is 4.36. The number of hydrogen-bond donors (Lipinski definition) is 0. The first-order valence-corrected chi connectivity index (χ1v) is 13.6. The van der Waals surface area contributed by atoms with Gasteiger partial charge in [0.2, 0.25) is 5.82 Å². The summed E-state index contributed by atoms with van der Waals surface area (Å²) in [5.41, 5.74) is 7.03. The average Bonchev–Trinajstić information content (AvgIpc) is 3.22. The predicted octanol–water partition coefficient (Wildman–Crippen LogP) is 5.91. The zero-order chi connectivity index (χ0) is 21.2. The van der Waals surface area contributed by atoms with Crippen molar-refractivity contribution in [3.05, 3.63) is 109 Å². The molecule has 0 bridgehead atoms. The number of benzene rings is 3. The van der Waals surface area contributed by atoms with E-state index in [1.54, 1.807) is 6.33 Å². The van der Waals surface area contributed by atoms with Crippen LogP contribution in [0.1, 0.15) is 11.4 Å². The van der Waals surface area contributed by atoms with E-state index in [0.717, 1.165) is 6.54 Å². The van der Waals surface area contributed by atoms with E-state index >= 15 is 0 Å². The van der Waals surface area contributed by atoms with Gasteiger partial charge in [-0.1, -0.05) is 111 Å². The van der Waals surface area contributed by atoms with Crippen LogP contribution in [0.2, 0.25) is 19.6 Å². The number of hydrogen-bond acceptors (Lipinski definition) is 2. The Morgan fingerprint density at radius 1 is 0.733 bits per heavy atom. The van der Waals surface area contributed by atoms with Crippen molar-refractivity contribution in [1.29, 1.82) is 0 Å². The molecule has 1 heterocycles. The molecule has 0 aliphatic heterocycles. The maximum atomic E-state index is 4.36.